The maximum atomic E-state index is 14.2. The number of quaternary nitrogens is 1. The third-order valence-corrected chi connectivity index (χ3v) is 14.2. The number of rotatable bonds is 15. The van der Waals surface area contributed by atoms with Gasteiger partial charge in [-0.05, 0) is 24.1 Å². The number of ether oxygens (including phenoxy) is 2. The summed E-state index contributed by atoms with van der Waals surface area (Å²) in [7, 11) is -3.37. The van der Waals surface area contributed by atoms with Crippen molar-refractivity contribution in [1.29, 1.82) is 0 Å². The van der Waals surface area contributed by atoms with E-state index >= 15 is 0 Å². The monoisotopic (exact) mass is 808 g/mol. The number of H-pyrrole nitrogens is 1. The Balaban J connectivity index is 1.07. The maximum absolute atomic E-state index is 14.2. The van der Waals surface area contributed by atoms with Crippen molar-refractivity contribution in [3.05, 3.63) is 89.7 Å². The van der Waals surface area contributed by atoms with Crippen molar-refractivity contribution in [2.75, 3.05) is 39.3 Å². The third kappa shape index (κ3) is 10.4. The molecule has 49 heavy (non-hydrogen) atoms. The van der Waals surface area contributed by atoms with Gasteiger partial charge in [-0.1, -0.05) is 13.8 Å². The van der Waals surface area contributed by atoms with Crippen LogP contribution in [0.3, 0.4) is 0 Å². The molecular formula is C35H46FIN6O5S. The molecule has 0 bridgehead atoms. The van der Waals surface area contributed by atoms with Crippen LogP contribution in [-0.4, -0.2) is 68.6 Å². The van der Waals surface area contributed by atoms with Gasteiger partial charge in [0.2, 0.25) is 0 Å². The van der Waals surface area contributed by atoms with Crippen LogP contribution >= 0.6 is 0 Å². The summed E-state index contributed by atoms with van der Waals surface area (Å²) in [5.41, 5.74) is 5.96. The molecule has 1 fully saturated rings. The van der Waals surface area contributed by atoms with Crippen LogP contribution in [0.15, 0.2) is 77.5 Å². The van der Waals surface area contributed by atoms with Crippen LogP contribution < -0.4 is 39.9 Å². The number of hydrazine groups is 1. The van der Waals surface area contributed by atoms with Crippen molar-refractivity contribution >= 4 is 29.6 Å². The number of fused-ring (bicyclic) bond motifs is 1. The first-order valence-corrected chi connectivity index (χ1v) is 21.6. The molecule has 2 aliphatic rings. The Morgan fingerprint density at radius 2 is 1.98 bits per heavy atom. The predicted molar refractivity (Wildman–Crippen MR) is 183 cm³/mol. The first kappa shape index (κ1) is 37.0. The number of piperidine rings is 1. The number of aromatic amines is 1. The number of hydrogen-bond donors (Lipinski definition) is 4. The molecule has 1 saturated heterocycles. The van der Waals surface area contributed by atoms with Gasteiger partial charge in [-0.25, -0.2) is 9.18 Å². The molecule has 1 aliphatic carbocycles. The number of esters is 1. The van der Waals surface area contributed by atoms with Gasteiger partial charge in [0.25, 0.3) is 0 Å². The normalized spacial score (nSPS) is 16.4. The number of halogens is 2. The fraction of sp³-hybridized carbons (Fsp3) is 0.400. The van der Waals surface area contributed by atoms with E-state index in [1.165, 1.54) is 12.1 Å². The summed E-state index contributed by atoms with van der Waals surface area (Å²) >= 11 is -1.28. The standard InChI is InChI=1S/C35H45FIN6O5S/c1-24(2)23-47-35(44)34-33(30-20-26(36)8-13-32(30)41-34)31(38)22-43(39)21-25-14-17-42(18-15-25)19-16-40-37-49(45,46)29-11-9-28(10-12-29)48-27-6-4-3-5-7-27/h3-4,6,8-13,20,22,24-25,40-41H,5,7,14-19,21,23,38-39H2,1-2H3/q-1/p+1/b31-22-. The number of hydrogen-bond acceptors (Lipinski definition) is 9. The van der Waals surface area contributed by atoms with Gasteiger partial charge in [0.15, 0.2) is 0 Å². The zero-order valence-electron chi connectivity index (χ0n) is 28.0. The zero-order valence-corrected chi connectivity index (χ0v) is 30.9. The SMILES string of the molecule is CC(C)COC(=O)c1[nH]c2ccc(F)cc2c1/C([NH3+])=C/N(N)CC1CCN(CCN[I-]S(=O)(=O)c2ccc(OC3=CC=CCC3)cc2)CC1. The summed E-state index contributed by atoms with van der Waals surface area (Å²) < 4.78 is 54.5. The van der Waals surface area contributed by atoms with E-state index < -0.39 is 38.9 Å². The predicted octanol–water partition coefficient (Wildman–Crippen LogP) is 1.14. The van der Waals surface area contributed by atoms with Gasteiger partial charge in [-0.2, -0.15) is 0 Å². The molecule has 0 unspecified atom stereocenters. The Hall–Kier alpha value is -3.28. The quantitative estimate of drug-likeness (QED) is 0.0337. The molecule has 1 aromatic heterocycles. The van der Waals surface area contributed by atoms with Crippen LogP contribution in [0, 0.1) is 17.7 Å². The topological polar surface area (TPSA) is 158 Å². The van der Waals surface area contributed by atoms with Crippen LogP contribution in [0.1, 0.15) is 55.6 Å². The van der Waals surface area contributed by atoms with E-state index in [-0.39, 0.29) is 18.2 Å². The summed E-state index contributed by atoms with van der Waals surface area (Å²) in [6.45, 7) is 7.90. The number of likely N-dealkylation sites (tertiary alicyclic amines) is 1. The molecular weight excluding hydrogens is 762 g/mol. The number of benzene rings is 2. The summed E-state index contributed by atoms with van der Waals surface area (Å²) in [6, 6.07) is 11.0. The minimum atomic E-state index is -3.37. The average molecular weight is 809 g/mol. The van der Waals surface area contributed by atoms with Gasteiger partial charge in [-0.3, -0.25) is 0 Å². The number of carbonyl (C=O) groups is 1. The molecule has 0 amide bonds. The first-order valence-electron chi connectivity index (χ1n) is 16.5. The number of carbonyl (C=O) groups excluding carboxylic acids is 1. The second-order valence-electron chi connectivity index (χ2n) is 12.8. The van der Waals surface area contributed by atoms with E-state index in [9.17, 15) is 17.6 Å². The van der Waals surface area contributed by atoms with Gasteiger partial charge < -0.3 is 9.72 Å². The van der Waals surface area contributed by atoms with Crippen molar-refractivity contribution in [2.45, 2.75) is 44.4 Å². The van der Waals surface area contributed by atoms with Gasteiger partial charge in [0, 0.05) is 10.9 Å². The minimum absolute atomic E-state index is 0.168. The van der Waals surface area contributed by atoms with E-state index in [2.05, 4.69) is 25.2 Å². The van der Waals surface area contributed by atoms with E-state index in [4.69, 9.17) is 15.3 Å². The van der Waals surface area contributed by atoms with Crippen molar-refractivity contribution in [3.63, 3.8) is 0 Å². The van der Waals surface area contributed by atoms with Crippen molar-refractivity contribution < 1.29 is 52.9 Å². The van der Waals surface area contributed by atoms with Crippen molar-refractivity contribution in [3.8, 4) is 5.75 Å². The third-order valence-electron chi connectivity index (χ3n) is 8.34. The fourth-order valence-corrected chi connectivity index (χ4v) is 10.4. The summed E-state index contributed by atoms with van der Waals surface area (Å²) in [5, 5.41) is 2.13. The summed E-state index contributed by atoms with van der Waals surface area (Å²) in [5.74, 6) is 7.49. The fourth-order valence-electron chi connectivity index (χ4n) is 5.82. The molecule has 1 aliphatic heterocycles. The zero-order chi connectivity index (χ0) is 35.0. The van der Waals surface area contributed by atoms with Crippen LogP contribution in [0.2, 0.25) is 0 Å². The van der Waals surface area contributed by atoms with Crippen LogP contribution in [-0.2, 0) is 11.7 Å². The molecule has 5 rings (SSSR count). The van der Waals surface area contributed by atoms with Crippen LogP contribution in [0.4, 0.5) is 4.39 Å². The molecule has 14 heteroatoms. The summed E-state index contributed by atoms with van der Waals surface area (Å²) in [4.78, 5) is 18.7. The number of nitrogens with two attached hydrogens (primary N) is 1. The second kappa shape index (κ2) is 17.1. The number of aromatic nitrogens is 1. The average Bonchev–Trinajstić information content (AvgIpc) is 3.46. The van der Waals surface area contributed by atoms with Gasteiger partial charge >= 0.3 is 212 Å². The number of nitrogens with zero attached hydrogens (tertiary/aromatic N) is 2. The Morgan fingerprint density at radius 1 is 1.22 bits per heavy atom. The van der Waals surface area contributed by atoms with Crippen molar-refractivity contribution in [2.24, 2.45) is 17.7 Å². The van der Waals surface area contributed by atoms with E-state index in [1.54, 1.807) is 41.5 Å². The Kier molecular flexibility index (Phi) is 12.9. The second-order valence-corrected chi connectivity index (χ2v) is 19.8. The molecule has 2 heterocycles. The van der Waals surface area contributed by atoms with Crippen LogP contribution in [0.5, 0.6) is 5.75 Å². The summed E-state index contributed by atoms with van der Waals surface area (Å²) in [6.07, 6.45) is 11.3. The molecule has 0 saturated carbocycles. The Bertz CT molecular complexity index is 1800. The Morgan fingerprint density at radius 3 is 2.67 bits per heavy atom. The molecule has 0 radical (unpaired) electrons. The van der Waals surface area contributed by atoms with Crippen molar-refractivity contribution in [1.82, 2.24) is 18.4 Å². The van der Waals surface area contributed by atoms with E-state index in [0.29, 0.717) is 51.8 Å². The van der Waals surface area contributed by atoms with Gasteiger partial charge in [0.1, 0.15) is 11.5 Å². The first-order chi connectivity index (χ1) is 23.5. The molecule has 266 valence electrons. The molecule has 7 N–H and O–H groups in total. The number of nitrogens with one attached hydrogen (secondary N) is 2. The van der Waals surface area contributed by atoms with Crippen LogP contribution in [0.25, 0.3) is 16.6 Å². The molecule has 3 aromatic rings. The Labute approximate surface area is 296 Å². The molecule has 0 spiro atoms. The molecule has 2 aromatic carbocycles. The van der Waals surface area contributed by atoms with E-state index in [0.717, 1.165) is 51.1 Å². The van der Waals surface area contributed by atoms with Gasteiger partial charge in [-0.15, -0.1) is 0 Å². The molecule has 11 nitrogen and oxygen atoms in total. The molecule has 0 atom stereocenters. The van der Waals surface area contributed by atoms with Gasteiger partial charge in [0.05, 0.1) is 6.61 Å². The number of allylic oxidation sites excluding steroid dienone is 4. The van der Waals surface area contributed by atoms with E-state index in [1.807, 2.05) is 26.0 Å².